The summed E-state index contributed by atoms with van der Waals surface area (Å²) >= 11 is 0. The van der Waals surface area contributed by atoms with Crippen LogP contribution in [0.1, 0.15) is 18.4 Å². The van der Waals surface area contributed by atoms with Crippen LogP contribution in [0.2, 0.25) is 0 Å². The smallest absolute Gasteiger partial charge is 0.247 e. The zero-order valence-corrected chi connectivity index (χ0v) is 20.3. The van der Waals surface area contributed by atoms with Crippen molar-refractivity contribution in [3.63, 3.8) is 0 Å². The fraction of sp³-hybridized carbons (Fsp3) is 0.296. The molecule has 9 heteroatoms. The molecule has 0 unspecified atom stereocenters. The molecule has 0 radical (unpaired) electrons. The van der Waals surface area contributed by atoms with E-state index >= 15 is 0 Å². The van der Waals surface area contributed by atoms with E-state index in [0.717, 1.165) is 37.1 Å². The van der Waals surface area contributed by atoms with Crippen LogP contribution in [0.4, 0.5) is 33.2 Å². The molecule has 1 fully saturated rings. The molecule has 1 aromatic heterocycles. The van der Waals surface area contributed by atoms with Crippen molar-refractivity contribution in [1.29, 1.82) is 0 Å². The minimum absolute atomic E-state index is 0.0126. The SMILES string of the molecule is C=CC(=O)Nc1cccc(Nc2nc(Nc3ccc(COCC4CCN(C)CC4)cc3)ncc2F)c1. The highest BCUT2D eigenvalue weighted by molar-refractivity contribution is 5.99. The van der Waals surface area contributed by atoms with E-state index in [2.05, 4.69) is 44.4 Å². The Labute approximate surface area is 210 Å². The Hall–Kier alpha value is -3.82. The second-order valence-corrected chi connectivity index (χ2v) is 8.87. The number of piperidine rings is 1. The van der Waals surface area contributed by atoms with Gasteiger partial charge >= 0.3 is 0 Å². The average Bonchev–Trinajstić information content (AvgIpc) is 2.88. The average molecular weight is 491 g/mol. The van der Waals surface area contributed by atoms with Gasteiger partial charge in [-0.2, -0.15) is 4.98 Å². The number of nitrogens with one attached hydrogen (secondary N) is 3. The molecule has 0 aliphatic carbocycles. The van der Waals surface area contributed by atoms with Gasteiger partial charge in [0.2, 0.25) is 11.9 Å². The molecule has 188 valence electrons. The van der Waals surface area contributed by atoms with E-state index in [4.69, 9.17) is 4.74 Å². The highest BCUT2D eigenvalue weighted by Gasteiger charge is 2.16. The van der Waals surface area contributed by atoms with E-state index in [9.17, 15) is 9.18 Å². The molecule has 8 nitrogen and oxygen atoms in total. The summed E-state index contributed by atoms with van der Waals surface area (Å²) in [6.45, 7) is 7.06. The van der Waals surface area contributed by atoms with Gasteiger partial charge in [-0.15, -0.1) is 0 Å². The molecule has 0 atom stereocenters. The van der Waals surface area contributed by atoms with E-state index in [1.54, 1.807) is 24.3 Å². The van der Waals surface area contributed by atoms with E-state index in [1.807, 2.05) is 24.3 Å². The third-order valence-electron chi connectivity index (χ3n) is 5.99. The first-order valence-electron chi connectivity index (χ1n) is 11.9. The predicted molar refractivity (Wildman–Crippen MR) is 140 cm³/mol. The number of anilines is 5. The van der Waals surface area contributed by atoms with Gasteiger partial charge in [0.15, 0.2) is 11.6 Å². The normalized spacial score (nSPS) is 14.3. The molecule has 4 rings (SSSR count). The summed E-state index contributed by atoms with van der Waals surface area (Å²) in [7, 11) is 2.16. The minimum Gasteiger partial charge on any atom is -0.376 e. The number of amides is 1. The van der Waals surface area contributed by atoms with Crippen LogP contribution in [0.25, 0.3) is 0 Å². The van der Waals surface area contributed by atoms with Crippen LogP contribution in [0.15, 0.2) is 67.4 Å². The summed E-state index contributed by atoms with van der Waals surface area (Å²) in [4.78, 5) is 22.2. The molecular weight excluding hydrogens is 459 g/mol. The number of nitrogens with zero attached hydrogens (tertiary/aromatic N) is 3. The van der Waals surface area contributed by atoms with Crippen LogP contribution in [0, 0.1) is 11.7 Å². The van der Waals surface area contributed by atoms with Gasteiger partial charge in [0.05, 0.1) is 12.8 Å². The van der Waals surface area contributed by atoms with Crippen LogP contribution in [0.3, 0.4) is 0 Å². The third kappa shape index (κ3) is 7.34. The lowest BCUT2D eigenvalue weighted by molar-refractivity contribution is -0.111. The number of hydrogen-bond acceptors (Lipinski definition) is 7. The highest BCUT2D eigenvalue weighted by Crippen LogP contribution is 2.23. The van der Waals surface area contributed by atoms with Gasteiger partial charge in [0.1, 0.15) is 0 Å². The summed E-state index contributed by atoms with van der Waals surface area (Å²) in [5.41, 5.74) is 2.97. The number of rotatable bonds is 10. The van der Waals surface area contributed by atoms with Crippen LogP contribution in [-0.2, 0) is 16.1 Å². The Bertz CT molecular complexity index is 1180. The molecule has 1 saturated heterocycles. The lowest BCUT2D eigenvalue weighted by Crippen LogP contribution is -2.31. The maximum atomic E-state index is 14.4. The molecule has 3 N–H and O–H groups in total. The molecule has 1 aliphatic rings. The van der Waals surface area contributed by atoms with Crippen molar-refractivity contribution >= 4 is 34.7 Å². The number of benzene rings is 2. The monoisotopic (exact) mass is 490 g/mol. The molecule has 1 amide bonds. The van der Waals surface area contributed by atoms with Crippen molar-refractivity contribution < 1.29 is 13.9 Å². The van der Waals surface area contributed by atoms with Crippen LogP contribution in [0.5, 0.6) is 0 Å². The molecule has 1 aliphatic heterocycles. The molecule has 2 aromatic carbocycles. The Kier molecular flexibility index (Phi) is 8.59. The summed E-state index contributed by atoms with van der Waals surface area (Å²) < 4.78 is 20.3. The van der Waals surface area contributed by atoms with Crippen molar-refractivity contribution in [2.24, 2.45) is 5.92 Å². The van der Waals surface area contributed by atoms with Crippen molar-refractivity contribution in [3.8, 4) is 0 Å². The zero-order chi connectivity index (χ0) is 25.3. The summed E-state index contributed by atoms with van der Waals surface area (Å²) in [5.74, 6) is -0.0336. The summed E-state index contributed by atoms with van der Waals surface area (Å²) in [6, 6.07) is 14.7. The van der Waals surface area contributed by atoms with E-state index in [1.165, 1.54) is 18.9 Å². The first-order valence-corrected chi connectivity index (χ1v) is 11.9. The van der Waals surface area contributed by atoms with Crippen molar-refractivity contribution in [2.75, 3.05) is 42.7 Å². The van der Waals surface area contributed by atoms with Crippen molar-refractivity contribution in [1.82, 2.24) is 14.9 Å². The van der Waals surface area contributed by atoms with Gasteiger partial charge in [0.25, 0.3) is 0 Å². The maximum absolute atomic E-state index is 14.4. The zero-order valence-electron chi connectivity index (χ0n) is 20.3. The second kappa shape index (κ2) is 12.2. The third-order valence-corrected chi connectivity index (χ3v) is 5.99. The highest BCUT2D eigenvalue weighted by atomic mass is 19.1. The molecular formula is C27H31FN6O2. The topological polar surface area (TPSA) is 91.4 Å². The van der Waals surface area contributed by atoms with Gasteiger partial charge < -0.3 is 25.6 Å². The molecule has 3 aromatic rings. The fourth-order valence-electron chi connectivity index (χ4n) is 3.91. The standard InChI is InChI=1S/C27H31FN6O2/c1-3-25(35)30-22-5-4-6-23(15-22)31-26-24(28)16-29-27(33-26)32-21-9-7-19(8-10-21)17-36-18-20-11-13-34(2)14-12-20/h3-10,15-16,20H,1,11-14,17-18H2,2H3,(H,30,35)(H2,29,31,32,33). The lowest BCUT2D eigenvalue weighted by atomic mass is 9.98. The number of carbonyl (C=O) groups is 1. The van der Waals surface area contributed by atoms with E-state index in [0.29, 0.717) is 23.9 Å². The van der Waals surface area contributed by atoms with Crippen molar-refractivity contribution in [3.05, 3.63) is 78.8 Å². The number of carbonyl (C=O) groups excluding carboxylic acids is 1. The molecule has 0 bridgehead atoms. The molecule has 36 heavy (non-hydrogen) atoms. The van der Waals surface area contributed by atoms with E-state index < -0.39 is 5.82 Å². The first kappa shape index (κ1) is 25.3. The van der Waals surface area contributed by atoms with Crippen LogP contribution in [-0.4, -0.2) is 47.5 Å². The van der Waals surface area contributed by atoms with Crippen molar-refractivity contribution in [2.45, 2.75) is 19.4 Å². The Morgan fingerprint density at radius 1 is 1.14 bits per heavy atom. The van der Waals surface area contributed by atoms with Crippen LogP contribution < -0.4 is 16.0 Å². The number of aromatic nitrogens is 2. The molecule has 2 heterocycles. The second-order valence-electron chi connectivity index (χ2n) is 8.87. The largest absolute Gasteiger partial charge is 0.376 e. The summed E-state index contributed by atoms with van der Waals surface area (Å²) in [6.07, 6.45) is 4.65. The van der Waals surface area contributed by atoms with Gasteiger partial charge in [-0.1, -0.05) is 24.8 Å². The maximum Gasteiger partial charge on any atom is 0.247 e. The Morgan fingerprint density at radius 3 is 2.64 bits per heavy atom. The number of likely N-dealkylation sites (tertiary alicyclic amines) is 1. The number of halogens is 1. The van der Waals surface area contributed by atoms with Gasteiger partial charge in [-0.05, 0) is 80.9 Å². The first-order chi connectivity index (χ1) is 17.5. The number of hydrogen-bond donors (Lipinski definition) is 3. The van der Waals surface area contributed by atoms with Gasteiger partial charge in [-0.3, -0.25) is 4.79 Å². The Balaban J connectivity index is 1.32. The van der Waals surface area contributed by atoms with E-state index in [-0.39, 0.29) is 17.7 Å². The quantitative estimate of drug-likeness (QED) is 0.341. The van der Waals surface area contributed by atoms with Gasteiger partial charge in [0, 0.05) is 23.7 Å². The van der Waals surface area contributed by atoms with Gasteiger partial charge in [-0.25, -0.2) is 9.37 Å². The van der Waals surface area contributed by atoms with Crippen LogP contribution >= 0.6 is 0 Å². The Morgan fingerprint density at radius 2 is 1.89 bits per heavy atom. The predicted octanol–water partition coefficient (Wildman–Crippen LogP) is 5.09. The minimum atomic E-state index is -0.599. The number of ether oxygens (including phenoxy) is 1. The fourth-order valence-corrected chi connectivity index (χ4v) is 3.91. The molecule has 0 spiro atoms. The summed E-state index contributed by atoms with van der Waals surface area (Å²) in [5, 5.41) is 8.69. The molecule has 0 saturated carbocycles. The lowest BCUT2D eigenvalue weighted by Gasteiger charge is -2.28.